The van der Waals surface area contributed by atoms with Gasteiger partial charge in [-0.3, -0.25) is 19.7 Å². The molecular weight excluding hydrogens is 506 g/mol. The number of nitrogens with one attached hydrogen (secondary N) is 1. The molecule has 0 bridgehead atoms. The molecular formula is C25H20F2N4O5S. The number of carbonyl (C=O) groups excluding carboxylic acids is 2. The molecule has 0 atom stereocenters. The highest BCUT2D eigenvalue weighted by Crippen LogP contribution is 2.31. The van der Waals surface area contributed by atoms with Gasteiger partial charge in [0.2, 0.25) is 5.76 Å². The van der Waals surface area contributed by atoms with Gasteiger partial charge in [-0.15, -0.1) is 11.3 Å². The summed E-state index contributed by atoms with van der Waals surface area (Å²) in [4.78, 5) is 37.8. The number of non-ortho nitro benzene ring substituents is 1. The molecule has 1 saturated heterocycles. The summed E-state index contributed by atoms with van der Waals surface area (Å²) in [6, 6.07) is 14.6. The predicted octanol–water partition coefficient (Wildman–Crippen LogP) is 6.01. The van der Waals surface area contributed by atoms with Crippen molar-refractivity contribution in [2.75, 3.05) is 18.4 Å². The fraction of sp³-hybridized carbons (Fsp3) is 0.240. The molecule has 1 N–H and O–H groups in total. The molecule has 1 aliphatic rings. The minimum absolute atomic E-state index is 0.0260. The van der Waals surface area contributed by atoms with Gasteiger partial charge >= 0.3 is 0 Å². The number of benzene rings is 2. The first-order valence-corrected chi connectivity index (χ1v) is 12.2. The number of fused-ring (bicyclic) bond motifs is 1. The van der Waals surface area contributed by atoms with Crippen molar-refractivity contribution < 1.29 is 27.8 Å². The third kappa shape index (κ3) is 5.19. The van der Waals surface area contributed by atoms with Crippen molar-refractivity contribution in [3.63, 3.8) is 0 Å². The number of rotatable bonds is 6. The highest BCUT2D eigenvalue weighted by Gasteiger charge is 2.28. The second kappa shape index (κ2) is 10.1. The maximum atomic E-state index is 12.7. The molecule has 5 rings (SSSR count). The molecule has 1 fully saturated rings. The van der Waals surface area contributed by atoms with E-state index in [1.54, 1.807) is 17.0 Å². The minimum Gasteiger partial charge on any atom is -0.351 e. The number of nitro groups is 1. The molecule has 3 heterocycles. The van der Waals surface area contributed by atoms with Crippen LogP contribution in [0.4, 0.5) is 20.2 Å². The number of nitrogens with zero attached hydrogens (tertiary/aromatic N) is 3. The highest BCUT2D eigenvalue weighted by atomic mass is 32.1. The first-order valence-electron chi connectivity index (χ1n) is 11.4. The smallest absolute Gasteiger partial charge is 0.292 e. The Morgan fingerprint density at radius 1 is 1.11 bits per heavy atom. The zero-order valence-electron chi connectivity index (χ0n) is 19.2. The normalized spacial score (nSPS) is 14.3. The van der Waals surface area contributed by atoms with Gasteiger partial charge in [0.1, 0.15) is 0 Å². The van der Waals surface area contributed by atoms with Crippen molar-refractivity contribution in [2.24, 2.45) is 0 Å². The molecule has 2 aromatic heterocycles. The standard InChI is InChI=1S/C25H20F2N4O5S/c26-23(27)19-13-20(36-29-19)25(33)30-9-7-15(8-10-30)14-1-3-17(4-2-14)28-24(32)22-12-16-11-18(31(34)35)5-6-21(16)37-22/h1-6,11-13,15,23H,7-10H2,(H,28,32). The van der Waals surface area contributed by atoms with Crippen molar-refractivity contribution in [3.05, 3.63) is 86.6 Å². The van der Waals surface area contributed by atoms with E-state index in [0.29, 0.717) is 41.9 Å². The molecule has 2 amide bonds. The van der Waals surface area contributed by atoms with Gasteiger partial charge in [-0.25, -0.2) is 8.78 Å². The van der Waals surface area contributed by atoms with Crippen molar-refractivity contribution in [2.45, 2.75) is 25.2 Å². The lowest BCUT2D eigenvalue weighted by Gasteiger charge is -2.31. The summed E-state index contributed by atoms with van der Waals surface area (Å²) in [6.45, 7) is 0.910. The number of halogens is 2. The number of anilines is 1. The van der Waals surface area contributed by atoms with E-state index in [-0.39, 0.29) is 23.3 Å². The molecule has 2 aromatic carbocycles. The van der Waals surface area contributed by atoms with E-state index >= 15 is 0 Å². The summed E-state index contributed by atoms with van der Waals surface area (Å²) in [6.07, 6.45) is -1.40. The van der Waals surface area contributed by atoms with Crippen molar-refractivity contribution in [1.29, 1.82) is 0 Å². The molecule has 0 saturated carbocycles. The number of amides is 2. The minimum atomic E-state index is -2.79. The topological polar surface area (TPSA) is 119 Å². The number of aromatic nitrogens is 1. The Bertz CT molecular complexity index is 1480. The number of piperidine rings is 1. The summed E-state index contributed by atoms with van der Waals surface area (Å²) in [5, 5.41) is 17.7. The average molecular weight is 527 g/mol. The van der Waals surface area contributed by atoms with E-state index in [4.69, 9.17) is 4.52 Å². The second-order valence-electron chi connectivity index (χ2n) is 8.65. The van der Waals surface area contributed by atoms with Crippen molar-refractivity contribution in [3.8, 4) is 0 Å². The van der Waals surface area contributed by atoms with Gasteiger partial charge < -0.3 is 14.7 Å². The number of likely N-dealkylation sites (tertiary alicyclic amines) is 1. The summed E-state index contributed by atoms with van der Waals surface area (Å²) >= 11 is 1.26. The fourth-order valence-electron chi connectivity index (χ4n) is 4.35. The predicted molar refractivity (Wildman–Crippen MR) is 132 cm³/mol. The van der Waals surface area contributed by atoms with E-state index in [1.165, 1.54) is 23.5 Å². The van der Waals surface area contributed by atoms with Crippen LogP contribution < -0.4 is 5.32 Å². The van der Waals surface area contributed by atoms with Gasteiger partial charge in [-0.05, 0) is 48.6 Å². The lowest BCUT2D eigenvalue weighted by atomic mass is 9.89. The van der Waals surface area contributed by atoms with Crippen LogP contribution in [0, 0.1) is 10.1 Å². The van der Waals surface area contributed by atoms with Crippen LogP contribution in [0.15, 0.2) is 59.1 Å². The SMILES string of the molecule is O=C(Nc1ccc(C2CCN(C(=O)c3cc(C(F)F)no3)CC2)cc1)c1cc2cc([N+](=O)[O-])ccc2s1. The van der Waals surface area contributed by atoms with Gasteiger partial charge in [0, 0.05) is 47.1 Å². The zero-order valence-corrected chi connectivity index (χ0v) is 20.0. The van der Waals surface area contributed by atoms with Crippen LogP contribution in [-0.2, 0) is 0 Å². The van der Waals surface area contributed by atoms with Crippen LogP contribution >= 0.6 is 11.3 Å². The van der Waals surface area contributed by atoms with Crippen LogP contribution in [0.2, 0.25) is 0 Å². The Kier molecular flexibility index (Phi) is 6.66. The number of thiophene rings is 1. The van der Waals surface area contributed by atoms with Crippen LogP contribution in [-0.4, -0.2) is 39.9 Å². The van der Waals surface area contributed by atoms with E-state index in [2.05, 4.69) is 10.5 Å². The molecule has 12 heteroatoms. The van der Waals surface area contributed by atoms with Crippen LogP contribution in [0.1, 0.15) is 56.7 Å². The number of carbonyl (C=O) groups is 2. The average Bonchev–Trinajstić information content (AvgIpc) is 3.56. The van der Waals surface area contributed by atoms with Crippen LogP contribution in [0.5, 0.6) is 0 Å². The van der Waals surface area contributed by atoms with Crippen LogP contribution in [0.25, 0.3) is 10.1 Å². The summed E-state index contributed by atoms with van der Waals surface area (Å²) in [5.41, 5.74) is 1.10. The number of hydrogen-bond donors (Lipinski definition) is 1. The molecule has 0 spiro atoms. The Labute approximate surface area is 212 Å². The molecule has 37 heavy (non-hydrogen) atoms. The molecule has 0 aliphatic carbocycles. The van der Waals surface area contributed by atoms with E-state index < -0.39 is 22.9 Å². The lowest BCUT2D eigenvalue weighted by molar-refractivity contribution is -0.384. The maximum Gasteiger partial charge on any atom is 0.292 e. The number of alkyl halides is 2. The summed E-state index contributed by atoms with van der Waals surface area (Å²) in [7, 11) is 0. The summed E-state index contributed by atoms with van der Waals surface area (Å²) < 4.78 is 31.0. The van der Waals surface area contributed by atoms with Crippen LogP contribution in [0.3, 0.4) is 0 Å². The Morgan fingerprint density at radius 2 is 1.84 bits per heavy atom. The Morgan fingerprint density at radius 3 is 2.49 bits per heavy atom. The van der Waals surface area contributed by atoms with E-state index in [9.17, 15) is 28.5 Å². The van der Waals surface area contributed by atoms with Gasteiger partial charge in [0.05, 0.1) is 9.80 Å². The third-order valence-electron chi connectivity index (χ3n) is 6.32. The number of hydrogen-bond acceptors (Lipinski definition) is 7. The molecule has 4 aromatic rings. The van der Waals surface area contributed by atoms with Gasteiger partial charge in [0.25, 0.3) is 23.9 Å². The fourth-order valence-corrected chi connectivity index (χ4v) is 5.29. The largest absolute Gasteiger partial charge is 0.351 e. The first kappa shape index (κ1) is 24.5. The van der Waals surface area contributed by atoms with Crippen molar-refractivity contribution in [1.82, 2.24) is 10.1 Å². The molecule has 0 unspecified atom stereocenters. The zero-order chi connectivity index (χ0) is 26.1. The molecule has 190 valence electrons. The maximum absolute atomic E-state index is 12.7. The highest BCUT2D eigenvalue weighted by molar-refractivity contribution is 7.20. The summed E-state index contributed by atoms with van der Waals surface area (Å²) in [5.74, 6) is -0.734. The first-order chi connectivity index (χ1) is 17.8. The number of nitro benzene ring substituents is 1. The third-order valence-corrected chi connectivity index (χ3v) is 7.43. The van der Waals surface area contributed by atoms with Gasteiger partial charge in [-0.2, -0.15) is 0 Å². The molecule has 1 aliphatic heterocycles. The van der Waals surface area contributed by atoms with E-state index in [0.717, 1.165) is 16.3 Å². The monoisotopic (exact) mass is 526 g/mol. The van der Waals surface area contributed by atoms with E-state index in [1.807, 2.05) is 24.3 Å². The van der Waals surface area contributed by atoms with Gasteiger partial charge in [0.15, 0.2) is 5.69 Å². The molecule has 0 radical (unpaired) electrons. The van der Waals surface area contributed by atoms with Crippen molar-refractivity contribution >= 4 is 44.6 Å². The van der Waals surface area contributed by atoms with Gasteiger partial charge in [-0.1, -0.05) is 17.3 Å². The Balaban J connectivity index is 1.18. The lowest BCUT2D eigenvalue weighted by Crippen LogP contribution is -2.37. The second-order valence-corrected chi connectivity index (χ2v) is 9.73. The molecule has 9 nitrogen and oxygen atoms in total. The Hall–Kier alpha value is -4.19. The quantitative estimate of drug-likeness (QED) is 0.243.